The lowest BCUT2D eigenvalue weighted by atomic mass is 10.2. The molecule has 24 heavy (non-hydrogen) atoms. The zero-order valence-electron chi connectivity index (χ0n) is 13.5. The molecule has 1 amide bonds. The zero-order chi connectivity index (χ0) is 17.4. The van der Waals surface area contributed by atoms with Gasteiger partial charge in [-0.05, 0) is 36.4 Å². The zero-order valence-corrected chi connectivity index (χ0v) is 15.0. The molecule has 2 N–H and O–H groups in total. The van der Waals surface area contributed by atoms with Crippen LogP contribution in [0.25, 0.3) is 0 Å². The molecule has 0 bridgehead atoms. The summed E-state index contributed by atoms with van der Waals surface area (Å²) in [6, 6.07) is 14.8. The second-order valence-corrected chi connectivity index (χ2v) is 6.47. The summed E-state index contributed by atoms with van der Waals surface area (Å²) in [5, 5.41) is 4.24. The molecule has 0 heterocycles. The maximum Gasteiger partial charge on any atom is 0.275 e. The number of quaternary nitrogens is 1. The van der Waals surface area contributed by atoms with E-state index in [4.69, 9.17) is 27.9 Å². The molecular formula is C18H21Cl2N2O2+. The number of benzene rings is 2. The van der Waals surface area contributed by atoms with E-state index in [0.29, 0.717) is 29.7 Å². The number of halogens is 2. The SMILES string of the molecule is C[NH+](CC(=O)NCCOc1ccc(Cl)cc1)Cc1cccc(Cl)c1. The molecule has 2 aromatic carbocycles. The lowest BCUT2D eigenvalue weighted by Gasteiger charge is -2.14. The van der Waals surface area contributed by atoms with Gasteiger partial charge in [-0.25, -0.2) is 0 Å². The summed E-state index contributed by atoms with van der Waals surface area (Å²) in [5.41, 5.74) is 1.11. The summed E-state index contributed by atoms with van der Waals surface area (Å²) >= 11 is 11.8. The van der Waals surface area contributed by atoms with Crippen molar-refractivity contribution in [1.29, 1.82) is 0 Å². The summed E-state index contributed by atoms with van der Waals surface area (Å²) in [7, 11) is 1.98. The van der Waals surface area contributed by atoms with Gasteiger partial charge in [-0.1, -0.05) is 35.3 Å². The van der Waals surface area contributed by atoms with Crippen molar-refractivity contribution in [3.8, 4) is 5.75 Å². The molecule has 0 fully saturated rings. The predicted octanol–water partition coefficient (Wildman–Crippen LogP) is 2.20. The number of ether oxygens (including phenoxy) is 1. The predicted molar refractivity (Wildman–Crippen MR) is 96.9 cm³/mol. The number of rotatable bonds is 8. The molecule has 0 spiro atoms. The van der Waals surface area contributed by atoms with Gasteiger partial charge in [-0.2, -0.15) is 0 Å². The number of nitrogens with one attached hydrogen (secondary N) is 2. The van der Waals surface area contributed by atoms with Crippen LogP contribution in [-0.2, 0) is 11.3 Å². The standard InChI is InChI=1S/C18H20Cl2N2O2/c1-22(12-14-3-2-4-16(20)11-14)13-18(23)21-9-10-24-17-7-5-15(19)6-8-17/h2-8,11H,9-10,12-13H2,1H3,(H,21,23)/p+1. The molecule has 1 atom stereocenters. The van der Waals surface area contributed by atoms with Gasteiger partial charge >= 0.3 is 0 Å². The van der Waals surface area contributed by atoms with Gasteiger partial charge < -0.3 is 15.0 Å². The Morgan fingerprint density at radius 3 is 2.58 bits per heavy atom. The summed E-state index contributed by atoms with van der Waals surface area (Å²) < 4.78 is 5.53. The second-order valence-electron chi connectivity index (χ2n) is 5.59. The summed E-state index contributed by atoms with van der Waals surface area (Å²) in [6.45, 7) is 2.02. The van der Waals surface area contributed by atoms with E-state index >= 15 is 0 Å². The second kappa shape index (κ2) is 9.52. The number of hydrogen-bond donors (Lipinski definition) is 2. The van der Waals surface area contributed by atoms with Crippen molar-refractivity contribution in [2.75, 3.05) is 26.7 Å². The minimum atomic E-state index is -0.00534. The molecule has 128 valence electrons. The molecule has 1 unspecified atom stereocenters. The van der Waals surface area contributed by atoms with Crippen molar-refractivity contribution in [2.24, 2.45) is 0 Å². The molecule has 0 aliphatic carbocycles. The maximum atomic E-state index is 11.9. The van der Waals surface area contributed by atoms with Crippen LogP contribution in [0, 0.1) is 0 Å². The van der Waals surface area contributed by atoms with Crippen molar-refractivity contribution in [3.05, 3.63) is 64.1 Å². The van der Waals surface area contributed by atoms with E-state index in [-0.39, 0.29) is 5.91 Å². The van der Waals surface area contributed by atoms with E-state index in [9.17, 15) is 4.79 Å². The largest absolute Gasteiger partial charge is 0.492 e. The van der Waals surface area contributed by atoms with Crippen LogP contribution in [0.1, 0.15) is 5.56 Å². The highest BCUT2D eigenvalue weighted by molar-refractivity contribution is 6.30. The van der Waals surface area contributed by atoms with E-state index in [1.165, 1.54) is 0 Å². The van der Waals surface area contributed by atoms with Gasteiger partial charge in [0.1, 0.15) is 18.9 Å². The van der Waals surface area contributed by atoms with Crippen molar-refractivity contribution in [3.63, 3.8) is 0 Å². The Morgan fingerprint density at radius 2 is 1.88 bits per heavy atom. The monoisotopic (exact) mass is 367 g/mol. The Labute approximate surface area is 152 Å². The number of hydrogen-bond acceptors (Lipinski definition) is 2. The summed E-state index contributed by atoms with van der Waals surface area (Å²) in [4.78, 5) is 13.0. The fraction of sp³-hybridized carbons (Fsp3) is 0.278. The molecular weight excluding hydrogens is 347 g/mol. The number of amides is 1. The molecule has 0 aromatic heterocycles. The Hall–Kier alpha value is -1.75. The van der Waals surface area contributed by atoms with Gasteiger partial charge in [0.2, 0.25) is 0 Å². The Bertz CT molecular complexity index is 662. The average molecular weight is 368 g/mol. The fourth-order valence-electron chi connectivity index (χ4n) is 2.28. The van der Waals surface area contributed by atoms with Gasteiger partial charge in [0.15, 0.2) is 6.54 Å². The number of carbonyl (C=O) groups is 1. The maximum absolute atomic E-state index is 11.9. The van der Waals surface area contributed by atoms with Crippen LogP contribution in [0.4, 0.5) is 0 Å². The van der Waals surface area contributed by atoms with Gasteiger partial charge in [0, 0.05) is 15.6 Å². The van der Waals surface area contributed by atoms with Gasteiger partial charge in [-0.15, -0.1) is 0 Å². The van der Waals surface area contributed by atoms with Gasteiger partial charge in [0.05, 0.1) is 13.6 Å². The molecule has 6 heteroatoms. The molecule has 0 radical (unpaired) electrons. The summed E-state index contributed by atoms with van der Waals surface area (Å²) in [5.74, 6) is 0.728. The molecule has 0 saturated heterocycles. The minimum Gasteiger partial charge on any atom is -0.492 e. The Balaban J connectivity index is 1.64. The first-order valence-corrected chi connectivity index (χ1v) is 8.49. The van der Waals surface area contributed by atoms with E-state index in [1.54, 1.807) is 24.3 Å². The van der Waals surface area contributed by atoms with Crippen LogP contribution in [0.15, 0.2) is 48.5 Å². The van der Waals surface area contributed by atoms with Crippen LogP contribution in [0.5, 0.6) is 5.75 Å². The third kappa shape index (κ3) is 6.79. The van der Waals surface area contributed by atoms with Crippen LogP contribution in [-0.4, -0.2) is 32.7 Å². The Kier molecular flexibility index (Phi) is 7.37. The fourth-order valence-corrected chi connectivity index (χ4v) is 2.62. The average Bonchev–Trinajstić information content (AvgIpc) is 2.53. The quantitative estimate of drug-likeness (QED) is 0.702. The molecule has 2 rings (SSSR count). The molecule has 0 aliphatic heterocycles. The first kappa shape index (κ1) is 18.6. The first-order chi connectivity index (χ1) is 11.5. The van der Waals surface area contributed by atoms with Gasteiger partial charge in [0.25, 0.3) is 5.91 Å². The topological polar surface area (TPSA) is 42.8 Å². The summed E-state index contributed by atoms with van der Waals surface area (Å²) in [6.07, 6.45) is 0. The number of carbonyl (C=O) groups excluding carboxylic acids is 1. The van der Waals surface area contributed by atoms with E-state index < -0.39 is 0 Å². The van der Waals surface area contributed by atoms with Crippen molar-refractivity contribution in [2.45, 2.75) is 6.54 Å². The third-order valence-corrected chi connectivity index (χ3v) is 3.85. The smallest absolute Gasteiger partial charge is 0.275 e. The molecule has 0 aliphatic rings. The van der Waals surface area contributed by atoms with Crippen molar-refractivity contribution >= 4 is 29.1 Å². The Morgan fingerprint density at radius 1 is 1.12 bits per heavy atom. The molecule has 2 aromatic rings. The molecule has 0 saturated carbocycles. The van der Waals surface area contributed by atoms with Crippen LogP contribution < -0.4 is 15.0 Å². The van der Waals surface area contributed by atoms with E-state index in [2.05, 4.69) is 5.32 Å². The lowest BCUT2D eigenvalue weighted by molar-refractivity contribution is -0.885. The highest BCUT2D eigenvalue weighted by Gasteiger charge is 2.10. The first-order valence-electron chi connectivity index (χ1n) is 7.74. The van der Waals surface area contributed by atoms with Gasteiger partial charge in [-0.3, -0.25) is 4.79 Å². The normalized spacial score (nSPS) is 11.8. The van der Waals surface area contributed by atoms with Crippen LogP contribution in [0.3, 0.4) is 0 Å². The number of likely N-dealkylation sites (N-methyl/N-ethyl adjacent to an activating group) is 1. The molecule has 4 nitrogen and oxygen atoms in total. The van der Waals surface area contributed by atoms with E-state index in [0.717, 1.165) is 22.8 Å². The highest BCUT2D eigenvalue weighted by Crippen LogP contribution is 2.15. The third-order valence-electron chi connectivity index (χ3n) is 3.36. The lowest BCUT2D eigenvalue weighted by Crippen LogP contribution is -3.08. The van der Waals surface area contributed by atoms with E-state index in [1.807, 2.05) is 31.3 Å². The van der Waals surface area contributed by atoms with Crippen LogP contribution in [0.2, 0.25) is 10.0 Å². The minimum absolute atomic E-state index is 0.00534. The van der Waals surface area contributed by atoms with Crippen molar-refractivity contribution < 1.29 is 14.4 Å². The van der Waals surface area contributed by atoms with Crippen LogP contribution >= 0.6 is 23.2 Å². The highest BCUT2D eigenvalue weighted by atomic mass is 35.5. The van der Waals surface area contributed by atoms with Crippen molar-refractivity contribution in [1.82, 2.24) is 5.32 Å².